The van der Waals surface area contributed by atoms with Gasteiger partial charge in [0, 0.05) is 11.7 Å². The predicted octanol–water partition coefficient (Wildman–Crippen LogP) is 3.10. The molecule has 0 spiro atoms. The molecule has 5 heteroatoms. The van der Waals surface area contributed by atoms with Crippen LogP contribution < -0.4 is 4.90 Å². The molecule has 4 aliphatic rings. The lowest BCUT2D eigenvalue weighted by molar-refractivity contribution is -0.144. The largest absolute Gasteiger partial charge is 0.353 e. The number of amides is 2. The molecule has 5 rings (SSSR count). The van der Waals surface area contributed by atoms with Crippen LogP contribution >= 0.6 is 0 Å². The van der Waals surface area contributed by atoms with Crippen LogP contribution in [0.15, 0.2) is 24.3 Å². The third-order valence-corrected chi connectivity index (χ3v) is 7.05. The van der Waals surface area contributed by atoms with Crippen LogP contribution in [-0.4, -0.2) is 40.6 Å². The quantitative estimate of drug-likeness (QED) is 0.742. The molecular weight excluding hydrogens is 352 g/mol. The Kier molecular flexibility index (Phi) is 3.97. The first kappa shape index (κ1) is 17.7. The summed E-state index contributed by atoms with van der Waals surface area (Å²) in [5, 5.41) is 0. The molecule has 1 aromatic carbocycles. The lowest BCUT2D eigenvalue weighted by Crippen LogP contribution is -2.50. The fourth-order valence-electron chi connectivity index (χ4n) is 5.87. The molecule has 3 fully saturated rings. The van der Waals surface area contributed by atoms with Gasteiger partial charge in [-0.2, -0.15) is 0 Å². The lowest BCUT2D eigenvalue weighted by Gasteiger charge is -2.37. The third kappa shape index (κ3) is 2.34. The molecule has 5 nitrogen and oxygen atoms in total. The topological polar surface area (TPSA) is 57.7 Å². The first-order valence-electron chi connectivity index (χ1n) is 10.4. The number of rotatable bonds is 2. The Balaban J connectivity index is 1.57. The summed E-state index contributed by atoms with van der Waals surface area (Å²) in [6.07, 6.45) is 9.17. The molecule has 4 atom stereocenters. The monoisotopic (exact) mass is 378 g/mol. The number of aryl methyl sites for hydroxylation is 1. The van der Waals surface area contributed by atoms with Crippen LogP contribution in [0.25, 0.3) is 6.08 Å². The van der Waals surface area contributed by atoms with Gasteiger partial charge in [0.1, 0.15) is 6.04 Å². The van der Waals surface area contributed by atoms with Crippen molar-refractivity contribution in [1.29, 1.82) is 0 Å². The van der Waals surface area contributed by atoms with E-state index in [0.717, 1.165) is 42.5 Å². The second-order valence-corrected chi connectivity index (χ2v) is 8.76. The van der Waals surface area contributed by atoms with E-state index >= 15 is 0 Å². The Morgan fingerprint density at radius 3 is 2.46 bits per heavy atom. The molecule has 0 bridgehead atoms. The van der Waals surface area contributed by atoms with E-state index in [1.807, 2.05) is 36.1 Å². The number of ketones is 1. The van der Waals surface area contributed by atoms with Gasteiger partial charge in [-0.25, -0.2) is 0 Å². The first-order valence-corrected chi connectivity index (χ1v) is 10.4. The van der Waals surface area contributed by atoms with Gasteiger partial charge in [-0.1, -0.05) is 43.0 Å². The lowest BCUT2D eigenvalue weighted by atomic mass is 9.88. The number of imide groups is 1. The highest BCUT2D eigenvalue weighted by molar-refractivity contribution is 6.11. The number of Topliss-reactive ketones (excluding diaryl/α,β-unsaturated/α-hetero) is 1. The van der Waals surface area contributed by atoms with E-state index in [9.17, 15) is 14.4 Å². The number of hydrogen-bond acceptors (Lipinski definition) is 4. The molecule has 1 aliphatic carbocycles. The summed E-state index contributed by atoms with van der Waals surface area (Å²) in [5.74, 6) is -1.24. The molecule has 3 heterocycles. The number of hydrogen-bond donors (Lipinski definition) is 0. The Hall–Kier alpha value is -2.43. The molecule has 146 valence electrons. The van der Waals surface area contributed by atoms with E-state index in [4.69, 9.17) is 0 Å². The minimum absolute atomic E-state index is 0.0166. The molecule has 0 radical (unpaired) electrons. The molecule has 28 heavy (non-hydrogen) atoms. The van der Waals surface area contributed by atoms with Crippen molar-refractivity contribution < 1.29 is 14.4 Å². The number of nitrogens with zero attached hydrogens (tertiary/aromatic N) is 2. The molecule has 3 aliphatic heterocycles. The van der Waals surface area contributed by atoms with Gasteiger partial charge in [-0.05, 0) is 44.4 Å². The molecule has 2 saturated heterocycles. The van der Waals surface area contributed by atoms with Crippen molar-refractivity contribution in [3.63, 3.8) is 0 Å². The number of benzene rings is 1. The van der Waals surface area contributed by atoms with Gasteiger partial charge in [0.2, 0.25) is 11.8 Å². The Labute approximate surface area is 165 Å². The highest BCUT2D eigenvalue weighted by atomic mass is 16.2. The molecular formula is C23H26N2O3. The van der Waals surface area contributed by atoms with Crippen molar-refractivity contribution in [3.05, 3.63) is 35.4 Å². The number of carbonyl (C=O) groups excluding carboxylic acids is 3. The molecule has 4 unspecified atom stereocenters. The number of likely N-dealkylation sites (tertiary alicyclic amines) is 1. The van der Waals surface area contributed by atoms with Gasteiger partial charge >= 0.3 is 0 Å². The average molecular weight is 378 g/mol. The van der Waals surface area contributed by atoms with Crippen LogP contribution in [0.1, 0.15) is 50.2 Å². The second kappa shape index (κ2) is 6.29. The minimum Gasteiger partial charge on any atom is -0.353 e. The van der Waals surface area contributed by atoms with Crippen molar-refractivity contribution in [1.82, 2.24) is 4.90 Å². The maximum absolute atomic E-state index is 13.4. The standard InChI is InChI=1S/C23H26N2O3/c1-13-8-10-17-15(12-13)9-11-18-19-20(21(14(2)26)25(17)18)23(28)24(22(19)27)16-6-4-3-5-7-16/h8-12,16,18-21H,3-7H2,1-2H3. The maximum atomic E-state index is 13.4. The van der Waals surface area contributed by atoms with Crippen LogP contribution in [-0.2, 0) is 14.4 Å². The first-order chi connectivity index (χ1) is 13.5. The number of fused-ring (bicyclic) bond motifs is 5. The second-order valence-electron chi connectivity index (χ2n) is 8.76. The highest BCUT2D eigenvalue weighted by Gasteiger charge is 2.64. The highest BCUT2D eigenvalue weighted by Crippen LogP contribution is 2.49. The van der Waals surface area contributed by atoms with E-state index in [1.165, 1.54) is 6.42 Å². The van der Waals surface area contributed by atoms with Crippen LogP contribution in [0.5, 0.6) is 0 Å². The van der Waals surface area contributed by atoms with Gasteiger partial charge in [0.15, 0.2) is 5.78 Å². The van der Waals surface area contributed by atoms with E-state index in [0.29, 0.717) is 0 Å². The van der Waals surface area contributed by atoms with Gasteiger partial charge < -0.3 is 4.90 Å². The normalized spacial score (nSPS) is 31.8. The van der Waals surface area contributed by atoms with Gasteiger partial charge in [0.05, 0.1) is 17.9 Å². The van der Waals surface area contributed by atoms with Crippen molar-refractivity contribution in [2.75, 3.05) is 4.90 Å². The Morgan fingerprint density at radius 2 is 1.75 bits per heavy atom. The van der Waals surface area contributed by atoms with Crippen LogP contribution in [0.2, 0.25) is 0 Å². The Bertz CT molecular complexity index is 899. The number of anilines is 1. The smallest absolute Gasteiger partial charge is 0.236 e. The molecule has 0 aromatic heterocycles. The molecule has 2 amide bonds. The van der Waals surface area contributed by atoms with Gasteiger partial charge in [-0.15, -0.1) is 0 Å². The predicted molar refractivity (Wildman–Crippen MR) is 107 cm³/mol. The summed E-state index contributed by atoms with van der Waals surface area (Å²) in [4.78, 5) is 43.1. The van der Waals surface area contributed by atoms with Crippen LogP contribution in [0, 0.1) is 18.8 Å². The van der Waals surface area contributed by atoms with Crippen LogP contribution in [0.3, 0.4) is 0 Å². The SMILES string of the molecule is CC(=O)C1C2C(=O)N(C3CCCCC3)C(=O)C2C2C=Cc3cc(C)ccc3N21. The number of carbonyl (C=O) groups is 3. The Morgan fingerprint density at radius 1 is 1.04 bits per heavy atom. The zero-order valence-corrected chi connectivity index (χ0v) is 16.4. The van der Waals surface area contributed by atoms with Crippen molar-refractivity contribution in [2.45, 2.75) is 64.1 Å². The summed E-state index contributed by atoms with van der Waals surface area (Å²) in [6.45, 7) is 3.59. The van der Waals surface area contributed by atoms with Crippen molar-refractivity contribution in [2.24, 2.45) is 11.8 Å². The van der Waals surface area contributed by atoms with Crippen molar-refractivity contribution in [3.8, 4) is 0 Å². The fraction of sp³-hybridized carbons (Fsp3) is 0.522. The zero-order chi connectivity index (χ0) is 19.6. The molecule has 1 aromatic rings. The summed E-state index contributed by atoms with van der Waals surface area (Å²) < 4.78 is 0. The third-order valence-electron chi connectivity index (χ3n) is 7.05. The van der Waals surface area contributed by atoms with Crippen LogP contribution in [0.4, 0.5) is 5.69 Å². The zero-order valence-electron chi connectivity index (χ0n) is 16.4. The molecule has 1 saturated carbocycles. The van der Waals surface area contributed by atoms with Crippen molar-refractivity contribution >= 4 is 29.4 Å². The maximum Gasteiger partial charge on any atom is 0.236 e. The van der Waals surface area contributed by atoms with E-state index < -0.39 is 17.9 Å². The van der Waals surface area contributed by atoms with E-state index in [-0.39, 0.29) is 29.7 Å². The summed E-state index contributed by atoms with van der Waals surface area (Å²) in [5.41, 5.74) is 3.15. The molecule has 0 N–H and O–H groups in total. The van der Waals surface area contributed by atoms with E-state index in [2.05, 4.69) is 6.07 Å². The summed E-state index contributed by atoms with van der Waals surface area (Å²) in [7, 11) is 0. The minimum atomic E-state index is -0.563. The summed E-state index contributed by atoms with van der Waals surface area (Å²) >= 11 is 0. The average Bonchev–Trinajstić information content (AvgIpc) is 3.15. The van der Waals surface area contributed by atoms with E-state index in [1.54, 1.807) is 11.8 Å². The van der Waals surface area contributed by atoms with Gasteiger partial charge in [-0.3, -0.25) is 19.3 Å². The summed E-state index contributed by atoms with van der Waals surface area (Å²) in [6, 6.07) is 5.36. The fourth-order valence-corrected chi connectivity index (χ4v) is 5.87. The van der Waals surface area contributed by atoms with Gasteiger partial charge in [0.25, 0.3) is 0 Å².